The first-order valence-electron chi connectivity index (χ1n) is 5.70. The van der Waals surface area contributed by atoms with Crippen molar-refractivity contribution in [2.24, 2.45) is 0 Å². The molecule has 1 nitrogen and oxygen atoms in total. The maximum absolute atomic E-state index is 3.63. The normalized spacial score (nSPS) is 16.7. The van der Waals surface area contributed by atoms with Crippen LogP contribution < -0.4 is 5.32 Å². The van der Waals surface area contributed by atoms with Gasteiger partial charge in [0.2, 0.25) is 0 Å². The third-order valence-electron chi connectivity index (χ3n) is 2.16. The zero-order valence-electron chi connectivity index (χ0n) is 10.2. The molecular formula is C14H23N. The first-order valence-corrected chi connectivity index (χ1v) is 5.70. The standard InChI is InChI=1S/C12H17N.C2H6/c1-3-4-5-6-11(2)12-7-9-13-10-8-12;1-2/h3-7,13H,1,8-10H2,2H3;1-2H3/b5-4-,11-6+;. The minimum atomic E-state index is 1.01. The van der Waals surface area contributed by atoms with Crippen molar-refractivity contribution in [3.05, 3.63) is 48.1 Å². The monoisotopic (exact) mass is 205 g/mol. The molecule has 0 saturated carbocycles. The van der Waals surface area contributed by atoms with Crippen LogP contribution in [0.25, 0.3) is 0 Å². The highest BCUT2D eigenvalue weighted by Gasteiger charge is 2.02. The second kappa shape index (κ2) is 9.47. The van der Waals surface area contributed by atoms with Crippen LogP contribution in [0.1, 0.15) is 27.2 Å². The topological polar surface area (TPSA) is 12.0 Å². The van der Waals surface area contributed by atoms with Gasteiger partial charge in [0.1, 0.15) is 0 Å². The van der Waals surface area contributed by atoms with E-state index in [4.69, 9.17) is 0 Å². The molecule has 0 amide bonds. The van der Waals surface area contributed by atoms with Crippen molar-refractivity contribution in [3.63, 3.8) is 0 Å². The molecule has 15 heavy (non-hydrogen) atoms. The van der Waals surface area contributed by atoms with Crippen LogP contribution in [-0.2, 0) is 0 Å². The predicted molar refractivity (Wildman–Crippen MR) is 70.0 cm³/mol. The molecule has 1 rings (SSSR count). The van der Waals surface area contributed by atoms with E-state index >= 15 is 0 Å². The van der Waals surface area contributed by atoms with E-state index in [2.05, 4.69) is 31.0 Å². The van der Waals surface area contributed by atoms with Gasteiger partial charge in [-0.3, -0.25) is 0 Å². The van der Waals surface area contributed by atoms with Gasteiger partial charge in [-0.25, -0.2) is 0 Å². The summed E-state index contributed by atoms with van der Waals surface area (Å²) in [5.74, 6) is 0. The Balaban J connectivity index is 0.000000921. The van der Waals surface area contributed by atoms with Gasteiger partial charge in [-0.2, -0.15) is 0 Å². The van der Waals surface area contributed by atoms with E-state index in [1.54, 1.807) is 6.08 Å². The second-order valence-corrected chi connectivity index (χ2v) is 3.15. The summed E-state index contributed by atoms with van der Waals surface area (Å²) in [4.78, 5) is 0. The lowest BCUT2D eigenvalue weighted by atomic mass is 10.0. The zero-order valence-corrected chi connectivity index (χ0v) is 10.2. The maximum Gasteiger partial charge on any atom is 0.0140 e. The second-order valence-electron chi connectivity index (χ2n) is 3.15. The van der Waals surface area contributed by atoms with Crippen LogP contribution in [-0.4, -0.2) is 13.1 Å². The summed E-state index contributed by atoms with van der Waals surface area (Å²) in [7, 11) is 0. The van der Waals surface area contributed by atoms with Crippen LogP contribution in [0, 0.1) is 0 Å². The summed E-state index contributed by atoms with van der Waals surface area (Å²) in [5, 5.41) is 3.30. The molecule has 0 bridgehead atoms. The maximum atomic E-state index is 3.63. The van der Waals surface area contributed by atoms with Gasteiger partial charge < -0.3 is 5.32 Å². The molecule has 1 aliphatic heterocycles. The van der Waals surface area contributed by atoms with Crippen LogP contribution in [0.2, 0.25) is 0 Å². The van der Waals surface area contributed by atoms with Gasteiger partial charge in [-0.15, -0.1) is 0 Å². The molecule has 0 radical (unpaired) electrons. The molecule has 0 fully saturated rings. The molecule has 0 spiro atoms. The molecule has 84 valence electrons. The van der Waals surface area contributed by atoms with Crippen molar-refractivity contribution in [1.29, 1.82) is 0 Å². The number of hydrogen-bond donors (Lipinski definition) is 1. The molecular weight excluding hydrogens is 182 g/mol. The van der Waals surface area contributed by atoms with E-state index in [0.717, 1.165) is 19.5 Å². The van der Waals surface area contributed by atoms with Crippen LogP contribution in [0.4, 0.5) is 0 Å². The van der Waals surface area contributed by atoms with Gasteiger partial charge in [0.15, 0.2) is 0 Å². The van der Waals surface area contributed by atoms with Gasteiger partial charge in [-0.1, -0.05) is 50.8 Å². The lowest BCUT2D eigenvalue weighted by Crippen LogP contribution is -2.20. The Morgan fingerprint density at radius 1 is 1.40 bits per heavy atom. The Morgan fingerprint density at radius 3 is 2.67 bits per heavy atom. The van der Waals surface area contributed by atoms with E-state index in [1.165, 1.54) is 11.1 Å². The van der Waals surface area contributed by atoms with E-state index < -0.39 is 0 Å². The summed E-state index contributed by atoms with van der Waals surface area (Å²) in [5.41, 5.74) is 2.83. The molecule has 0 aliphatic carbocycles. The van der Waals surface area contributed by atoms with Crippen molar-refractivity contribution < 1.29 is 0 Å². The lowest BCUT2D eigenvalue weighted by molar-refractivity contribution is 0.707. The predicted octanol–water partition coefficient (Wildman–Crippen LogP) is 3.62. The fourth-order valence-electron chi connectivity index (χ4n) is 1.37. The molecule has 0 saturated heterocycles. The van der Waals surface area contributed by atoms with Gasteiger partial charge in [0, 0.05) is 6.54 Å². The Bertz CT molecular complexity index is 257. The summed E-state index contributed by atoms with van der Waals surface area (Å²) in [6.07, 6.45) is 11.3. The Labute approximate surface area is 94.3 Å². The molecule has 1 heteroatoms. The van der Waals surface area contributed by atoms with Crippen LogP contribution >= 0.6 is 0 Å². The molecule has 0 aromatic carbocycles. The third-order valence-corrected chi connectivity index (χ3v) is 2.16. The Kier molecular flexibility index (Phi) is 8.79. The molecule has 1 N–H and O–H groups in total. The SMILES string of the molecule is C=C/C=C\C=C(/C)C1=CCNCC1.CC. The first-order chi connectivity index (χ1) is 7.34. The van der Waals surface area contributed by atoms with Gasteiger partial charge in [-0.05, 0) is 31.0 Å². The van der Waals surface area contributed by atoms with Crippen molar-refractivity contribution in [1.82, 2.24) is 5.32 Å². The van der Waals surface area contributed by atoms with Crippen molar-refractivity contribution in [3.8, 4) is 0 Å². The van der Waals surface area contributed by atoms with Crippen LogP contribution in [0.5, 0.6) is 0 Å². The van der Waals surface area contributed by atoms with Crippen LogP contribution in [0.3, 0.4) is 0 Å². The number of nitrogens with one attached hydrogen (secondary N) is 1. The van der Waals surface area contributed by atoms with E-state index in [9.17, 15) is 0 Å². The summed E-state index contributed by atoms with van der Waals surface area (Å²) >= 11 is 0. The van der Waals surface area contributed by atoms with Gasteiger partial charge >= 0.3 is 0 Å². The van der Waals surface area contributed by atoms with Crippen molar-refractivity contribution in [2.75, 3.05) is 13.1 Å². The average Bonchev–Trinajstić information content (AvgIpc) is 2.33. The fraction of sp³-hybridized carbons (Fsp3) is 0.429. The highest BCUT2D eigenvalue weighted by Crippen LogP contribution is 2.14. The summed E-state index contributed by atoms with van der Waals surface area (Å²) < 4.78 is 0. The fourth-order valence-corrected chi connectivity index (χ4v) is 1.37. The molecule has 0 atom stereocenters. The first kappa shape index (κ1) is 13.9. The molecule has 0 aromatic heterocycles. The molecule has 1 aliphatic rings. The van der Waals surface area contributed by atoms with Crippen molar-refractivity contribution >= 4 is 0 Å². The number of allylic oxidation sites excluding steroid dienone is 5. The molecule has 1 heterocycles. The van der Waals surface area contributed by atoms with E-state index in [1.807, 2.05) is 26.0 Å². The largest absolute Gasteiger partial charge is 0.313 e. The summed E-state index contributed by atoms with van der Waals surface area (Å²) in [6, 6.07) is 0. The highest BCUT2D eigenvalue weighted by molar-refractivity contribution is 5.33. The Hall–Kier alpha value is -1.08. The van der Waals surface area contributed by atoms with E-state index in [0.29, 0.717) is 0 Å². The zero-order chi connectivity index (χ0) is 11.5. The van der Waals surface area contributed by atoms with Crippen LogP contribution in [0.15, 0.2) is 48.1 Å². The van der Waals surface area contributed by atoms with Gasteiger partial charge in [0.25, 0.3) is 0 Å². The Morgan fingerprint density at radius 2 is 2.13 bits per heavy atom. The van der Waals surface area contributed by atoms with Crippen molar-refractivity contribution in [2.45, 2.75) is 27.2 Å². The average molecular weight is 205 g/mol. The molecule has 0 unspecified atom stereocenters. The lowest BCUT2D eigenvalue weighted by Gasteiger charge is -2.13. The van der Waals surface area contributed by atoms with E-state index in [-0.39, 0.29) is 0 Å². The number of hydrogen-bond acceptors (Lipinski definition) is 1. The molecule has 0 aromatic rings. The quantitative estimate of drug-likeness (QED) is 0.694. The smallest absolute Gasteiger partial charge is 0.0140 e. The summed E-state index contributed by atoms with van der Waals surface area (Å²) in [6.45, 7) is 11.9. The number of rotatable bonds is 3. The minimum Gasteiger partial charge on any atom is -0.313 e. The highest BCUT2D eigenvalue weighted by atomic mass is 14.8. The minimum absolute atomic E-state index is 1.01. The van der Waals surface area contributed by atoms with Gasteiger partial charge in [0.05, 0.1) is 0 Å². The third kappa shape index (κ3) is 6.08.